The molecule has 2 heterocycles. The van der Waals surface area contributed by atoms with Crippen LogP contribution in [-0.2, 0) is 0 Å². The third-order valence-corrected chi connectivity index (χ3v) is 1.88. The summed E-state index contributed by atoms with van der Waals surface area (Å²) in [4.78, 5) is 0. The molecular weight excluding hydrogens is 102 g/mol. The Balaban J connectivity index is 1.94. The average Bonchev–Trinajstić information content (AvgIpc) is 2.22. The van der Waals surface area contributed by atoms with E-state index in [1.54, 1.807) is 0 Å². The molecule has 2 fully saturated rings. The molecule has 0 radical (unpaired) electrons. The molecule has 2 aliphatic rings. The maximum absolute atomic E-state index is 3.24. The van der Waals surface area contributed by atoms with E-state index in [4.69, 9.17) is 0 Å². The molecule has 2 unspecified atom stereocenters. The fraction of sp³-hybridized carbons (Fsp3) is 1.00. The molecule has 0 saturated carbocycles. The third kappa shape index (κ3) is 0.438. The first kappa shape index (κ1) is 4.73. The first-order valence-corrected chi connectivity index (χ1v) is 3.17. The van der Waals surface area contributed by atoms with Gasteiger partial charge in [-0.2, -0.15) is 0 Å². The van der Waals surface area contributed by atoms with Crippen LogP contribution in [0.5, 0.6) is 0 Å². The molecule has 0 spiro atoms. The van der Waals surface area contributed by atoms with Gasteiger partial charge in [-0.1, -0.05) is 6.92 Å². The number of hydrogen-bond donors (Lipinski definition) is 1. The summed E-state index contributed by atoms with van der Waals surface area (Å²) < 4.78 is 0. The van der Waals surface area contributed by atoms with Crippen molar-refractivity contribution in [3.8, 4) is 0 Å². The first-order valence-electron chi connectivity index (χ1n) is 3.17. The summed E-state index contributed by atoms with van der Waals surface area (Å²) in [6.07, 6.45) is 2.04. The zero-order valence-electron chi connectivity index (χ0n) is 5.09. The molecule has 0 aliphatic carbocycles. The predicted molar refractivity (Wildman–Crippen MR) is 30.6 cm³/mol. The van der Waals surface area contributed by atoms with E-state index in [-0.39, 0.29) is 0 Å². The number of fused-ring (bicyclic) bond motifs is 1. The van der Waals surface area contributed by atoms with Crippen molar-refractivity contribution in [3.63, 3.8) is 0 Å². The molecule has 46 valence electrons. The van der Waals surface area contributed by atoms with Gasteiger partial charge < -0.3 is 0 Å². The minimum Gasteiger partial charge on any atom is -0.289 e. The summed E-state index contributed by atoms with van der Waals surface area (Å²) in [5, 5.41) is 7.93. The van der Waals surface area contributed by atoms with Crippen LogP contribution < -0.4 is 5.32 Å². The Morgan fingerprint density at radius 3 is 2.50 bits per heavy atom. The molecular formula is C5H11N3. The maximum atomic E-state index is 3.24. The van der Waals surface area contributed by atoms with Gasteiger partial charge in [-0.15, -0.1) is 0 Å². The van der Waals surface area contributed by atoms with Crippen molar-refractivity contribution in [2.45, 2.75) is 19.5 Å². The van der Waals surface area contributed by atoms with E-state index in [0.717, 1.165) is 19.5 Å². The number of hydrogen-bond acceptors (Lipinski definition) is 3. The molecule has 0 aromatic heterocycles. The van der Waals surface area contributed by atoms with E-state index in [1.165, 1.54) is 6.42 Å². The van der Waals surface area contributed by atoms with Crippen molar-refractivity contribution in [3.05, 3.63) is 0 Å². The summed E-state index contributed by atoms with van der Waals surface area (Å²) >= 11 is 0. The van der Waals surface area contributed by atoms with Gasteiger partial charge in [0.25, 0.3) is 0 Å². The number of rotatable bonds is 1. The van der Waals surface area contributed by atoms with Gasteiger partial charge in [0.05, 0.1) is 19.5 Å². The van der Waals surface area contributed by atoms with Gasteiger partial charge in [0.15, 0.2) is 0 Å². The SMILES string of the molecule is CCC1N2CNCN12. The van der Waals surface area contributed by atoms with Crippen LogP contribution in [0.3, 0.4) is 0 Å². The zero-order valence-corrected chi connectivity index (χ0v) is 5.09. The second kappa shape index (κ2) is 1.43. The van der Waals surface area contributed by atoms with E-state index in [1.807, 2.05) is 0 Å². The molecule has 0 amide bonds. The second-order valence-electron chi connectivity index (χ2n) is 2.33. The molecule has 2 aliphatic heterocycles. The van der Waals surface area contributed by atoms with Gasteiger partial charge in [0.2, 0.25) is 0 Å². The van der Waals surface area contributed by atoms with Crippen LogP contribution in [0, 0.1) is 0 Å². The smallest absolute Gasteiger partial charge is 0.0922 e. The van der Waals surface area contributed by atoms with Crippen molar-refractivity contribution in [1.29, 1.82) is 0 Å². The maximum Gasteiger partial charge on any atom is 0.0922 e. The second-order valence-corrected chi connectivity index (χ2v) is 2.33. The van der Waals surface area contributed by atoms with Crippen molar-refractivity contribution in [2.24, 2.45) is 0 Å². The summed E-state index contributed by atoms with van der Waals surface area (Å²) in [5.74, 6) is 0. The Morgan fingerprint density at radius 2 is 2.12 bits per heavy atom. The molecule has 8 heavy (non-hydrogen) atoms. The lowest BCUT2D eigenvalue weighted by atomic mass is 10.4. The van der Waals surface area contributed by atoms with Crippen LogP contribution in [0.4, 0.5) is 0 Å². The van der Waals surface area contributed by atoms with Crippen LogP contribution in [-0.4, -0.2) is 29.5 Å². The highest BCUT2D eigenvalue weighted by atomic mass is 15.9. The minimum atomic E-state index is 0.774. The van der Waals surface area contributed by atoms with Gasteiger partial charge in [0, 0.05) is 0 Å². The lowest BCUT2D eigenvalue weighted by molar-refractivity contribution is 0.412. The summed E-state index contributed by atoms with van der Waals surface area (Å²) in [7, 11) is 0. The molecule has 0 aromatic carbocycles. The minimum absolute atomic E-state index is 0.774. The van der Waals surface area contributed by atoms with E-state index < -0.39 is 0 Å². The molecule has 2 saturated heterocycles. The van der Waals surface area contributed by atoms with Crippen LogP contribution in [0.25, 0.3) is 0 Å². The van der Waals surface area contributed by atoms with E-state index in [0.29, 0.717) is 0 Å². The quantitative estimate of drug-likeness (QED) is 0.474. The van der Waals surface area contributed by atoms with Crippen LogP contribution >= 0.6 is 0 Å². The molecule has 0 aromatic rings. The van der Waals surface area contributed by atoms with Crippen molar-refractivity contribution < 1.29 is 0 Å². The van der Waals surface area contributed by atoms with E-state index in [2.05, 4.69) is 22.3 Å². The van der Waals surface area contributed by atoms with Gasteiger partial charge in [-0.3, -0.25) is 5.32 Å². The molecule has 3 nitrogen and oxygen atoms in total. The Kier molecular flexibility index (Phi) is 0.848. The average molecular weight is 113 g/mol. The monoisotopic (exact) mass is 113 g/mol. The number of nitrogens with one attached hydrogen (secondary N) is 1. The standard InChI is InChI=1S/C5H11N3/c1-2-5-7-3-6-4-8(5)7/h5-6H,2-4H2,1H3. The Morgan fingerprint density at radius 1 is 1.50 bits per heavy atom. The highest BCUT2D eigenvalue weighted by Crippen LogP contribution is 2.29. The Bertz CT molecular complexity index is 87.1. The third-order valence-electron chi connectivity index (χ3n) is 1.88. The van der Waals surface area contributed by atoms with Crippen molar-refractivity contribution >= 4 is 0 Å². The largest absolute Gasteiger partial charge is 0.289 e. The zero-order chi connectivity index (χ0) is 5.56. The molecule has 0 bridgehead atoms. The van der Waals surface area contributed by atoms with Crippen LogP contribution in [0.15, 0.2) is 0 Å². The Hall–Kier alpha value is -0.120. The van der Waals surface area contributed by atoms with Gasteiger partial charge in [-0.25, -0.2) is 10.0 Å². The normalized spacial score (nSPS) is 51.4. The van der Waals surface area contributed by atoms with Crippen molar-refractivity contribution in [2.75, 3.05) is 13.3 Å². The van der Waals surface area contributed by atoms with Gasteiger partial charge in [-0.05, 0) is 6.42 Å². The highest BCUT2D eigenvalue weighted by Gasteiger charge is 2.46. The fourth-order valence-corrected chi connectivity index (χ4v) is 1.39. The summed E-state index contributed by atoms with van der Waals surface area (Å²) in [5.41, 5.74) is 0. The van der Waals surface area contributed by atoms with E-state index >= 15 is 0 Å². The van der Waals surface area contributed by atoms with Crippen LogP contribution in [0.2, 0.25) is 0 Å². The molecule has 1 N–H and O–H groups in total. The Labute approximate surface area is 49.2 Å². The number of nitrogens with zero attached hydrogens (tertiary/aromatic N) is 2. The van der Waals surface area contributed by atoms with Gasteiger partial charge in [0.1, 0.15) is 0 Å². The topological polar surface area (TPSA) is 18.0 Å². The first-order chi connectivity index (χ1) is 3.93. The van der Waals surface area contributed by atoms with E-state index in [9.17, 15) is 0 Å². The molecule has 3 heteroatoms. The summed E-state index contributed by atoms with van der Waals surface area (Å²) in [6, 6.07) is 0. The predicted octanol–water partition coefficient (Wildman–Crippen LogP) is -0.227. The lowest BCUT2D eigenvalue weighted by Gasteiger charge is -1.95. The molecule has 2 atom stereocenters. The highest BCUT2D eigenvalue weighted by molar-refractivity contribution is 4.85. The number of hydrazine groups is 1. The van der Waals surface area contributed by atoms with Crippen molar-refractivity contribution in [1.82, 2.24) is 15.3 Å². The molecule has 2 rings (SSSR count). The fourth-order valence-electron chi connectivity index (χ4n) is 1.39. The van der Waals surface area contributed by atoms with Gasteiger partial charge >= 0.3 is 0 Å². The lowest BCUT2D eigenvalue weighted by Crippen LogP contribution is -2.20. The van der Waals surface area contributed by atoms with Crippen LogP contribution in [0.1, 0.15) is 13.3 Å². The summed E-state index contributed by atoms with van der Waals surface area (Å²) in [6.45, 7) is 4.36.